The minimum atomic E-state index is -0.772. The van der Waals surface area contributed by atoms with Crippen LogP contribution in [-0.4, -0.2) is 34.9 Å². The molecule has 0 radical (unpaired) electrons. The van der Waals surface area contributed by atoms with Crippen molar-refractivity contribution in [3.63, 3.8) is 0 Å². The van der Waals surface area contributed by atoms with E-state index in [1.807, 2.05) is 0 Å². The summed E-state index contributed by atoms with van der Waals surface area (Å²) in [4.78, 5) is 12.1. The van der Waals surface area contributed by atoms with Crippen LogP contribution in [0.5, 0.6) is 0 Å². The summed E-state index contributed by atoms with van der Waals surface area (Å²) in [6.07, 6.45) is 1.12. The molecule has 0 aromatic heterocycles. The highest BCUT2D eigenvalue weighted by Gasteiger charge is 2.16. The average Bonchev–Trinajstić information content (AvgIpc) is 2.70. The lowest BCUT2D eigenvalue weighted by atomic mass is 9.90. The summed E-state index contributed by atoms with van der Waals surface area (Å²) >= 11 is 0. The Kier molecular flexibility index (Phi) is 5.16. The van der Waals surface area contributed by atoms with Crippen molar-refractivity contribution < 1.29 is 15.0 Å². The topological polar surface area (TPSA) is 69.6 Å². The van der Waals surface area contributed by atoms with Crippen LogP contribution >= 0.6 is 0 Å². The quantitative estimate of drug-likeness (QED) is 0.431. The summed E-state index contributed by atoms with van der Waals surface area (Å²) in [7, 11) is 0. The van der Waals surface area contributed by atoms with Crippen LogP contribution in [-0.2, 0) is 11.2 Å². The largest absolute Gasteiger partial charge is 0.394 e. The van der Waals surface area contributed by atoms with Crippen molar-refractivity contribution in [1.82, 2.24) is 5.32 Å². The molecule has 2 atom stereocenters. The van der Waals surface area contributed by atoms with Crippen molar-refractivity contribution in [2.75, 3.05) is 6.61 Å². The van der Waals surface area contributed by atoms with Gasteiger partial charge in [-0.25, -0.2) is 0 Å². The van der Waals surface area contributed by atoms with E-state index >= 15 is 0 Å². The molecule has 0 aliphatic carbocycles. The van der Waals surface area contributed by atoms with E-state index in [1.165, 1.54) is 37.9 Å². The molecule has 1 amide bonds. The van der Waals surface area contributed by atoms with Crippen molar-refractivity contribution in [1.29, 1.82) is 0 Å². The van der Waals surface area contributed by atoms with E-state index in [0.717, 1.165) is 6.42 Å². The molecule has 4 aromatic rings. The maximum Gasteiger partial charge on any atom is 0.220 e. The molecular weight excluding hydrogens is 350 g/mol. The number of aliphatic hydroxyl groups excluding tert-OH is 2. The van der Waals surface area contributed by atoms with E-state index < -0.39 is 12.1 Å². The fraction of sp³-hybridized carbons (Fsp3) is 0.292. The Balaban J connectivity index is 1.55. The lowest BCUT2D eigenvalue weighted by Crippen LogP contribution is -2.44. The van der Waals surface area contributed by atoms with Gasteiger partial charge in [-0.2, -0.15) is 0 Å². The first-order valence-electron chi connectivity index (χ1n) is 9.82. The molecule has 28 heavy (non-hydrogen) atoms. The van der Waals surface area contributed by atoms with Crippen LogP contribution in [0, 0.1) is 0 Å². The van der Waals surface area contributed by atoms with Gasteiger partial charge >= 0.3 is 0 Å². The summed E-state index contributed by atoms with van der Waals surface area (Å²) in [5, 5.41) is 29.1. The molecule has 4 aromatic carbocycles. The van der Waals surface area contributed by atoms with E-state index in [4.69, 9.17) is 0 Å². The molecule has 0 aliphatic heterocycles. The molecule has 3 N–H and O–H groups in total. The van der Waals surface area contributed by atoms with E-state index in [1.54, 1.807) is 6.92 Å². The molecule has 144 valence electrons. The third kappa shape index (κ3) is 3.41. The van der Waals surface area contributed by atoms with Gasteiger partial charge in [0, 0.05) is 6.42 Å². The zero-order chi connectivity index (χ0) is 19.7. The lowest BCUT2D eigenvalue weighted by Gasteiger charge is -2.19. The predicted octanol–water partition coefficient (Wildman–Crippen LogP) is 3.76. The number of aliphatic hydroxyl groups is 2. The molecule has 0 spiro atoms. The monoisotopic (exact) mass is 375 g/mol. The zero-order valence-corrected chi connectivity index (χ0v) is 16.0. The molecule has 0 saturated heterocycles. The highest BCUT2D eigenvalue weighted by Crippen LogP contribution is 2.36. The van der Waals surface area contributed by atoms with Crippen LogP contribution in [0.15, 0.2) is 54.6 Å². The normalized spacial score (nSPS) is 14.0. The summed E-state index contributed by atoms with van der Waals surface area (Å²) in [5.74, 6) is -0.141. The second-order valence-electron chi connectivity index (χ2n) is 7.53. The van der Waals surface area contributed by atoms with Gasteiger partial charge in [-0.3, -0.25) is 4.79 Å². The molecule has 4 heteroatoms. The summed E-state index contributed by atoms with van der Waals surface area (Å²) < 4.78 is 0. The fourth-order valence-electron chi connectivity index (χ4n) is 4.05. The molecule has 0 aliphatic rings. The number of aryl methyl sites for hydroxylation is 1. The highest BCUT2D eigenvalue weighted by molar-refractivity contribution is 6.23. The van der Waals surface area contributed by atoms with Crippen molar-refractivity contribution in [2.24, 2.45) is 0 Å². The standard InChI is InChI=1S/C24H25NO3/c1-15(27)21(14-26)25-22(28)7-3-4-16-8-9-19-11-10-17-5-2-6-18-12-13-20(16)24(19)23(17)18/h2,5-6,8-13,15,21,26-27H,3-4,7,14H2,1H3,(H,25,28)/t15-,21-/m0/s1. The predicted molar refractivity (Wildman–Crippen MR) is 114 cm³/mol. The zero-order valence-electron chi connectivity index (χ0n) is 16.0. The number of rotatable bonds is 7. The summed E-state index contributed by atoms with van der Waals surface area (Å²) in [6.45, 7) is 1.30. The fourth-order valence-corrected chi connectivity index (χ4v) is 4.05. The first-order chi connectivity index (χ1) is 13.6. The second kappa shape index (κ2) is 7.74. The van der Waals surface area contributed by atoms with Gasteiger partial charge in [0.1, 0.15) is 0 Å². The Bertz CT molecular complexity index is 1100. The Morgan fingerprint density at radius 2 is 1.61 bits per heavy atom. The lowest BCUT2D eigenvalue weighted by molar-refractivity contribution is -0.123. The number of carbonyl (C=O) groups is 1. The second-order valence-corrected chi connectivity index (χ2v) is 7.53. The Morgan fingerprint density at radius 1 is 0.964 bits per heavy atom. The number of benzene rings is 4. The van der Waals surface area contributed by atoms with Gasteiger partial charge in [0.05, 0.1) is 18.8 Å². The summed E-state index contributed by atoms with van der Waals surface area (Å²) in [6, 6.07) is 18.8. The van der Waals surface area contributed by atoms with Crippen LogP contribution in [0.25, 0.3) is 32.3 Å². The van der Waals surface area contributed by atoms with E-state index in [0.29, 0.717) is 12.8 Å². The van der Waals surface area contributed by atoms with Gasteiger partial charge in [0.15, 0.2) is 0 Å². The molecule has 4 nitrogen and oxygen atoms in total. The Labute approximate surface area is 164 Å². The van der Waals surface area contributed by atoms with Gasteiger partial charge in [0.2, 0.25) is 5.91 Å². The molecule has 0 fully saturated rings. The number of nitrogens with one attached hydrogen (secondary N) is 1. The minimum Gasteiger partial charge on any atom is -0.394 e. The maximum atomic E-state index is 12.1. The van der Waals surface area contributed by atoms with Crippen LogP contribution in [0.4, 0.5) is 0 Å². The van der Waals surface area contributed by atoms with E-state index in [-0.39, 0.29) is 12.5 Å². The van der Waals surface area contributed by atoms with Crippen molar-refractivity contribution in [2.45, 2.75) is 38.3 Å². The number of amides is 1. The molecule has 4 rings (SSSR count). The van der Waals surface area contributed by atoms with Crippen LogP contribution in [0.3, 0.4) is 0 Å². The Morgan fingerprint density at radius 3 is 2.29 bits per heavy atom. The molecular formula is C24H25NO3. The van der Waals surface area contributed by atoms with Crippen LogP contribution < -0.4 is 5.32 Å². The van der Waals surface area contributed by atoms with E-state index in [9.17, 15) is 15.0 Å². The minimum absolute atomic E-state index is 0.141. The van der Waals surface area contributed by atoms with Crippen molar-refractivity contribution >= 4 is 38.2 Å². The van der Waals surface area contributed by atoms with Crippen molar-refractivity contribution in [3.05, 3.63) is 60.2 Å². The highest BCUT2D eigenvalue weighted by atomic mass is 16.3. The maximum absolute atomic E-state index is 12.1. The average molecular weight is 375 g/mol. The van der Waals surface area contributed by atoms with Gasteiger partial charge in [-0.15, -0.1) is 0 Å². The van der Waals surface area contributed by atoms with Gasteiger partial charge in [-0.1, -0.05) is 54.6 Å². The molecule has 0 bridgehead atoms. The smallest absolute Gasteiger partial charge is 0.220 e. The van der Waals surface area contributed by atoms with Crippen LogP contribution in [0.2, 0.25) is 0 Å². The van der Waals surface area contributed by atoms with Crippen molar-refractivity contribution in [3.8, 4) is 0 Å². The third-order valence-electron chi connectivity index (χ3n) is 5.59. The third-order valence-corrected chi connectivity index (χ3v) is 5.59. The molecule has 0 heterocycles. The van der Waals surface area contributed by atoms with Crippen LogP contribution in [0.1, 0.15) is 25.3 Å². The Hall–Kier alpha value is -2.69. The molecule has 0 saturated carbocycles. The summed E-state index contributed by atoms with van der Waals surface area (Å²) in [5.41, 5.74) is 1.24. The number of hydrogen-bond acceptors (Lipinski definition) is 3. The molecule has 0 unspecified atom stereocenters. The first kappa shape index (κ1) is 18.7. The number of hydrogen-bond donors (Lipinski definition) is 3. The van der Waals surface area contributed by atoms with Gasteiger partial charge < -0.3 is 15.5 Å². The number of carbonyl (C=O) groups excluding carboxylic acids is 1. The SMILES string of the molecule is C[C@H](O)[C@H](CO)NC(=O)CCCc1ccc2ccc3cccc4ccc1c2c34. The van der Waals surface area contributed by atoms with Gasteiger partial charge in [0.25, 0.3) is 0 Å². The van der Waals surface area contributed by atoms with E-state index in [2.05, 4.69) is 59.9 Å². The van der Waals surface area contributed by atoms with Gasteiger partial charge in [-0.05, 0) is 57.6 Å². The first-order valence-corrected chi connectivity index (χ1v) is 9.82.